The molecule has 1 fully saturated rings. The van der Waals surface area contributed by atoms with E-state index in [1.54, 1.807) is 24.1 Å². The van der Waals surface area contributed by atoms with Gasteiger partial charge in [-0.15, -0.1) is 0 Å². The average Bonchev–Trinajstić information content (AvgIpc) is 2.56. The number of para-hydroxylation sites is 1. The monoisotopic (exact) mass is 314 g/mol. The van der Waals surface area contributed by atoms with Crippen LogP contribution in [0.1, 0.15) is 45.4 Å². The SMILES string of the molecule is CC(=O)N(CCC1CCCCC1)c1ccnc2c(F)cccc12. The summed E-state index contributed by atoms with van der Waals surface area (Å²) in [5, 5.41) is 0.700. The van der Waals surface area contributed by atoms with E-state index >= 15 is 0 Å². The molecule has 1 amide bonds. The second-order valence-electron chi connectivity index (χ2n) is 6.43. The standard InChI is InChI=1S/C19H23FN2O/c1-14(23)22(13-11-15-6-3-2-4-7-15)18-10-12-21-19-16(18)8-5-9-17(19)20/h5,8-10,12,15H,2-4,6-7,11,13H2,1H3. The number of carbonyl (C=O) groups is 1. The van der Waals surface area contributed by atoms with Gasteiger partial charge in [-0.3, -0.25) is 9.78 Å². The van der Waals surface area contributed by atoms with Gasteiger partial charge in [-0.05, 0) is 24.5 Å². The molecule has 0 unspecified atom stereocenters. The van der Waals surface area contributed by atoms with Crippen molar-refractivity contribution in [2.24, 2.45) is 5.92 Å². The lowest BCUT2D eigenvalue weighted by Crippen LogP contribution is -2.31. The molecule has 0 saturated heterocycles. The van der Waals surface area contributed by atoms with Crippen LogP contribution in [0.25, 0.3) is 10.9 Å². The highest BCUT2D eigenvalue weighted by atomic mass is 19.1. The molecule has 0 N–H and O–H groups in total. The van der Waals surface area contributed by atoms with Crippen molar-refractivity contribution in [1.29, 1.82) is 0 Å². The lowest BCUT2D eigenvalue weighted by Gasteiger charge is -2.27. The number of hydrogen-bond acceptors (Lipinski definition) is 2. The van der Waals surface area contributed by atoms with Gasteiger partial charge in [-0.1, -0.05) is 44.2 Å². The van der Waals surface area contributed by atoms with Crippen LogP contribution >= 0.6 is 0 Å². The van der Waals surface area contributed by atoms with Crippen molar-refractivity contribution in [2.45, 2.75) is 45.4 Å². The molecule has 3 nitrogen and oxygen atoms in total. The summed E-state index contributed by atoms with van der Waals surface area (Å²) >= 11 is 0. The Labute approximate surface area is 136 Å². The molecule has 1 aliphatic rings. The fourth-order valence-corrected chi connectivity index (χ4v) is 3.60. The summed E-state index contributed by atoms with van der Waals surface area (Å²) in [7, 11) is 0. The fraction of sp³-hybridized carbons (Fsp3) is 0.474. The number of amides is 1. The van der Waals surface area contributed by atoms with Crippen molar-refractivity contribution in [3.05, 3.63) is 36.3 Å². The molecule has 0 radical (unpaired) electrons. The average molecular weight is 314 g/mol. The van der Waals surface area contributed by atoms with Gasteiger partial charge in [0, 0.05) is 25.1 Å². The minimum Gasteiger partial charge on any atom is -0.312 e. The molecule has 0 bridgehead atoms. The third-order valence-corrected chi connectivity index (χ3v) is 4.86. The Morgan fingerprint density at radius 3 is 2.78 bits per heavy atom. The van der Waals surface area contributed by atoms with Gasteiger partial charge in [0.15, 0.2) is 0 Å². The number of halogens is 1. The fourth-order valence-electron chi connectivity index (χ4n) is 3.60. The van der Waals surface area contributed by atoms with Gasteiger partial charge >= 0.3 is 0 Å². The van der Waals surface area contributed by atoms with E-state index in [9.17, 15) is 9.18 Å². The van der Waals surface area contributed by atoms with E-state index < -0.39 is 0 Å². The molecular weight excluding hydrogens is 291 g/mol. The maximum atomic E-state index is 13.9. The Bertz CT molecular complexity index is 695. The summed E-state index contributed by atoms with van der Waals surface area (Å²) in [6.45, 7) is 2.27. The number of pyridine rings is 1. The number of fused-ring (bicyclic) bond motifs is 1. The largest absolute Gasteiger partial charge is 0.312 e. The second kappa shape index (κ2) is 7.07. The number of nitrogens with zero attached hydrogens (tertiary/aromatic N) is 2. The highest BCUT2D eigenvalue weighted by Gasteiger charge is 2.19. The molecule has 4 heteroatoms. The zero-order chi connectivity index (χ0) is 16.2. The van der Waals surface area contributed by atoms with Crippen LogP contribution < -0.4 is 4.90 Å². The van der Waals surface area contributed by atoms with Crippen LogP contribution in [0.4, 0.5) is 10.1 Å². The van der Waals surface area contributed by atoms with E-state index in [0.717, 1.165) is 12.1 Å². The predicted octanol–water partition coefficient (Wildman–Crippen LogP) is 4.70. The molecule has 1 heterocycles. The van der Waals surface area contributed by atoms with Gasteiger partial charge in [0.25, 0.3) is 0 Å². The lowest BCUT2D eigenvalue weighted by molar-refractivity contribution is -0.116. The van der Waals surface area contributed by atoms with Crippen LogP contribution in [0.3, 0.4) is 0 Å². The molecule has 3 rings (SSSR count). The summed E-state index contributed by atoms with van der Waals surface area (Å²) in [4.78, 5) is 18.1. The normalized spacial score (nSPS) is 15.7. The molecule has 1 aliphatic carbocycles. The first-order valence-corrected chi connectivity index (χ1v) is 8.48. The zero-order valence-corrected chi connectivity index (χ0v) is 13.6. The van der Waals surface area contributed by atoms with Crippen molar-refractivity contribution in [2.75, 3.05) is 11.4 Å². The van der Waals surface area contributed by atoms with Crippen LogP contribution in [0.15, 0.2) is 30.5 Å². The zero-order valence-electron chi connectivity index (χ0n) is 13.6. The summed E-state index contributed by atoms with van der Waals surface area (Å²) < 4.78 is 13.9. The molecular formula is C19H23FN2O. The Morgan fingerprint density at radius 1 is 1.26 bits per heavy atom. The van der Waals surface area contributed by atoms with Crippen molar-refractivity contribution in [1.82, 2.24) is 4.98 Å². The maximum absolute atomic E-state index is 13.9. The first kappa shape index (κ1) is 15.9. The van der Waals surface area contributed by atoms with E-state index in [-0.39, 0.29) is 11.7 Å². The number of rotatable bonds is 4. The predicted molar refractivity (Wildman–Crippen MR) is 90.9 cm³/mol. The van der Waals surface area contributed by atoms with E-state index in [2.05, 4.69) is 4.98 Å². The Hall–Kier alpha value is -1.97. The molecule has 2 aromatic rings. The minimum atomic E-state index is -0.347. The first-order chi connectivity index (χ1) is 11.2. The van der Waals surface area contributed by atoms with Crippen LogP contribution in [0.2, 0.25) is 0 Å². The number of aromatic nitrogens is 1. The second-order valence-corrected chi connectivity index (χ2v) is 6.43. The third-order valence-electron chi connectivity index (χ3n) is 4.86. The number of anilines is 1. The van der Waals surface area contributed by atoms with Gasteiger partial charge in [-0.25, -0.2) is 4.39 Å². The first-order valence-electron chi connectivity index (χ1n) is 8.48. The topological polar surface area (TPSA) is 33.2 Å². The molecule has 1 aromatic carbocycles. The third kappa shape index (κ3) is 3.52. The molecule has 122 valence electrons. The van der Waals surface area contributed by atoms with Crippen LogP contribution in [-0.2, 0) is 4.79 Å². The summed E-state index contributed by atoms with van der Waals surface area (Å²) in [5.41, 5.74) is 1.09. The highest BCUT2D eigenvalue weighted by Crippen LogP contribution is 2.30. The van der Waals surface area contributed by atoms with Gasteiger partial charge in [0.05, 0.1) is 5.69 Å². The van der Waals surface area contributed by atoms with Crippen molar-refractivity contribution in [3.63, 3.8) is 0 Å². The summed E-state index contributed by atoms with van der Waals surface area (Å²) in [6.07, 6.45) is 9.05. The van der Waals surface area contributed by atoms with Gasteiger partial charge in [-0.2, -0.15) is 0 Å². The van der Waals surface area contributed by atoms with Crippen LogP contribution in [0.5, 0.6) is 0 Å². The van der Waals surface area contributed by atoms with Crippen LogP contribution in [-0.4, -0.2) is 17.4 Å². The number of hydrogen-bond donors (Lipinski definition) is 0. The molecule has 0 atom stereocenters. The number of benzene rings is 1. The van der Waals surface area contributed by atoms with Crippen molar-refractivity contribution in [3.8, 4) is 0 Å². The summed E-state index contributed by atoms with van der Waals surface area (Å²) in [6, 6.07) is 6.71. The van der Waals surface area contributed by atoms with E-state index in [1.165, 1.54) is 38.2 Å². The van der Waals surface area contributed by atoms with Gasteiger partial charge < -0.3 is 4.90 Å². The molecule has 0 spiro atoms. The van der Waals surface area contributed by atoms with E-state index in [4.69, 9.17) is 0 Å². The van der Waals surface area contributed by atoms with Gasteiger partial charge in [0.1, 0.15) is 11.3 Å². The van der Waals surface area contributed by atoms with Gasteiger partial charge in [0.2, 0.25) is 5.91 Å². The van der Waals surface area contributed by atoms with E-state index in [0.29, 0.717) is 23.4 Å². The lowest BCUT2D eigenvalue weighted by atomic mass is 9.87. The molecule has 1 aromatic heterocycles. The van der Waals surface area contributed by atoms with Crippen LogP contribution in [0, 0.1) is 11.7 Å². The Kier molecular flexibility index (Phi) is 4.89. The smallest absolute Gasteiger partial charge is 0.223 e. The summed E-state index contributed by atoms with van der Waals surface area (Å²) in [5.74, 6) is 0.355. The quantitative estimate of drug-likeness (QED) is 0.819. The molecule has 1 saturated carbocycles. The van der Waals surface area contributed by atoms with E-state index in [1.807, 2.05) is 12.1 Å². The Morgan fingerprint density at radius 2 is 2.04 bits per heavy atom. The van der Waals surface area contributed by atoms with Crippen molar-refractivity contribution >= 4 is 22.5 Å². The minimum absolute atomic E-state index is 0.00225. The maximum Gasteiger partial charge on any atom is 0.223 e. The highest BCUT2D eigenvalue weighted by molar-refractivity contribution is 6.01. The van der Waals surface area contributed by atoms with Crippen molar-refractivity contribution < 1.29 is 9.18 Å². The molecule has 0 aliphatic heterocycles. The Balaban J connectivity index is 1.86. The number of carbonyl (C=O) groups excluding carboxylic acids is 1. The molecule has 23 heavy (non-hydrogen) atoms.